The highest BCUT2D eigenvalue weighted by Crippen LogP contribution is 2.17. The Labute approximate surface area is 123 Å². The van der Waals surface area contributed by atoms with Crippen molar-refractivity contribution in [3.05, 3.63) is 42.0 Å². The Kier molecular flexibility index (Phi) is 4.92. The van der Waals surface area contributed by atoms with Gasteiger partial charge in [0.15, 0.2) is 5.82 Å². The molecule has 0 saturated carbocycles. The van der Waals surface area contributed by atoms with Gasteiger partial charge in [-0.2, -0.15) is 4.98 Å². The highest BCUT2D eigenvalue weighted by Gasteiger charge is 2.15. The second-order valence-electron chi connectivity index (χ2n) is 5.10. The van der Waals surface area contributed by atoms with Gasteiger partial charge in [-0.25, -0.2) is 0 Å². The summed E-state index contributed by atoms with van der Waals surface area (Å²) in [5.41, 5.74) is 0.933. The summed E-state index contributed by atoms with van der Waals surface area (Å²) in [4.78, 5) is 17.1. The van der Waals surface area contributed by atoms with Gasteiger partial charge in [0.05, 0.1) is 13.0 Å². The molecule has 0 atom stereocenters. The minimum Gasteiger partial charge on any atom is -0.481 e. The van der Waals surface area contributed by atoms with Crippen LogP contribution in [-0.4, -0.2) is 27.8 Å². The number of hydrogen-bond acceptors (Lipinski definition) is 5. The minimum atomic E-state index is -0.829. The van der Waals surface area contributed by atoms with E-state index in [9.17, 15) is 4.79 Å². The molecule has 112 valence electrons. The van der Waals surface area contributed by atoms with E-state index in [1.54, 1.807) is 0 Å². The van der Waals surface area contributed by atoms with Crippen LogP contribution in [0.5, 0.6) is 0 Å². The maximum atomic E-state index is 10.8. The number of carboxylic acid groups (broad SMARTS) is 1. The Morgan fingerprint density at radius 1 is 1.33 bits per heavy atom. The molecule has 0 aliphatic rings. The number of anilines is 1. The summed E-state index contributed by atoms with van der Waals surface area (Å²) in [5.74, 6) is 0.528. The van der Waals surface area contributed by atoms with Crippen LogP contribution >= 0.6 is 0 Å². The number of nitrogens with zero attached hydrogens (tertiary/aromatic N) is 3. The molecule has 0 aliphatic heterocycles. The van der Waals surface area contributed by atoms with E-state index < -0.39 is 5.97 Å². The topological polar surface area (TPSA) is 79.5 Å². The summed E-state index contributed by atoms with van der Waals surface area (Å²) in [5, 5.41) is 12.8. The lowest BCUT2D eigenvalue weighted by molar-refractivity contribution is -0.136. The van der Waals surface area contributed by atoms with Gasteiger partial charge in [-0.1, -0.05) is 37.2 Å². The zero-order chi connectivity index (χ0) is 15.2. The SMILES string of the molecule is CC(C)c1noc(CN(CCC(=O)O)c2ccccc2)n1. The molecule has 0 fully saturated rings. The lowest BCUT2D eigenvalue weighted by Crippen LogP contribution is -2.25. The fourth-order valence-corrected chi connectivity index (χ4v) is 1.90. The number of carboxylic acids is 1. The van der Waals surface area contributed by atoms with Crippen molar-refractivity contribution in [2.24, 2.45) is 0 Å². The maximum Gasteiger partial charge on any atom is 0.305 e. The summed E-state index contributed by atoms with van der Waals surface area (Å²) in [6, 6.07) is 9.61. The van der Waals surface area contributed by atoms with E-state index in [0.717, 1.165) is 5.69 Å². The Hall–Kier alpha value is -2.37. The van der Waals surface area contributed by atoms with Gasteiger partial charge < -0.3 is 14.5 Å². The smallest absolute Gasteiger partial charge is 0.305 e. The molecule has 1 aromatic carbocycles. The van der Waals surface area contributed by atoms with Crippen LogP contribution in [0.25, 0.3) is 0 Å². The summed E-state index contributed by atoms with van der Waals surface area (Å²) in [6.45, 7) is 4.78. The molecule has 0 saturated heterocycles. The molecule has 0 unspecified atom stereocenters. The van der Waals surface area contributed by atoms with E-state index in [1.807, 2.05) is 49.1 Å². The van der Waals surface area contributed by atoms with Crippen molar-refractivity contribution in [3.8, 4) is 0 Å². The Morgan fingerprint density at radius 2 is 2.05 bits per heavy atom. The number of hydrogen-bond donors (Lipinski definition) is 1. The molecule has 0 amide bonds. The number of aromatic nitrogens is 2. The molecule has 21 heavy (non-hydrogen) atoms. The zero-order valence-electron chi connectivity index (χ0n) is 12.2. The summed E-state index contributed by atoms with van der Waals surface area (Å²) < 4.78 is 5.23. The van der Waals surface area contributed by atoms with E-state index in [-0.39, 0.29) is 12.3 Å². The molecule has 6 heteroatoms. The van der Waals surface area contributed by atoms with E-state index in [1.165, 1.54) is 0 Å². The lowest BCUT2D eigenvalue weighted by Gasteiger charge is -2.22. The van der Waals surface area contributed by atoms with Crippen molar-refractivity contribution in [2.75, 3.05) is 11.4 Å². The summed E-state index contributed by atoms with van der Waals surface area (Å²) in [6.07, 6.45) is 0.0556. The Bertz CT molecular complexity index is 581. The predicted molar refractivity (Wildman–Crippen MR) is 78.1 cm³/mol. The highest BCUT2D eigenvalue weighted by atomic mass is 16.5. The van der Waals surface area contributed by atoms with Gasteiger partial charge in [0.25, 0.3) is 0 Å². The number of carbonyl (C=O) groups is 1. The van der Waals surface area contributed by atoms with Gasteiger partial charge >= 0.3 is 5.97 Å². The number of para-hydroxylation sites is 1. The molecule has 0 radical (unpaired) electrons. The summed E-state index contributed by atoms with van der Waals surface area (Å²) >= 11 is 0. The van der Waals surface area contributed by atoms with Crippen molar-refractivity contribution in [1.82, 2.24) is 10.1 Å². The van der Waals surface area contributed by atoms with Crippen LogP contribution in [0.2, 0.25) is 0 Å². The van der Waals surface area contributed by atoms with Crippen molar-refractivity contribution < 1.29 is 14.4 Å². The third kappa shape index (κ3) is 4.30. The first-order chi connectivity index (χ1) is 10.1. The Morgan fingerprint density at radius 3 is 2.62 bits per heavy atom. The van der Waals surface area contributed by atoms with Crippen LogP contribution in [0.15, 0.2) is 34.9 Å². The van der Waals surface area contributed by atoms with E-state index in [4.69, 9.17) is 9.63 Å². The molecule has 0 spiro atoms. The van der Waals surface area contributed by atoms with Crippen molar-refractivity contribution in [1.29, 1.82) is 0 Å². The quantitative estimate of drug-likeness (QED) is 0.844. The van der Waals surface area contributed by atoms with Gasteiger partial charge in [0.1, 0.15) is 0 Å². The van der Waals surface area contributed by atoms with Crippen LogP contribution in [0, 0.1) is 0 Å². The van der Waals surface area contributed by atoms with Gasteiger partial charge in [-0.15, -0.1) is 0 Å². The van der Waals surface area contributed by atoms with Gasteiger partial charge in [0, 0.05) is 18.2 Å². The second-order valence-corrected chi connectivity index (χ2v) is 5.10. The third-order valence-corrected chi connectivity index (χ3v) is 3.04. The van der Waals surface area contributed by atoms with Crippen LogP contribution in [0.3, 0.4) is 0 Å². The average Bonchev–Trinajstić information content (AvgIpc) is 2.93. The van der Waals surface area contributed by atoms with E-state index >= 15 is 0 Å². The lowest BCUT2D eigenvalue weighted by atomic mass is 10.2. The Balaban J connectivity index is 2.13. The fourth-order valence-electron chi connectivity index (χ4n) is 1.90. The highest BCUT2D eigenvalue weighted by molar-refractivity contribution is 5.67. The molecule has 0 bridgehead atoms. The minimum absolute atomic E-state index is 0.0556. The molecule has 1 aromatic heterocycles. The molecule has 0 aliphatic carbocycles. The van der Waals surface area contributed by atoms with Gasteiger partial charge in [-0.3, -0.25) is 4.79 Å². The molecular formula is C15H19N3O3. The molecule has 2 rings (SSSR count). The first-order valence-electron chi connectivity index (χ1n) is 6.90. The molecule has 1 N–H and O–H groups in total. The molecular weight excluding hydrogens is 270 g/mol. The van der Waals surface area contributed by atoms with Crippen molar-refractivity contribution in [2.45, 2.75) is 32.7 Å². The normalized spacial score (nSPS) is 10.8. The zero-order valence-corrected chi connectivity index (χ0v) is 12.2. The fraction of sp³-hybridized carbons (Fsp3) is 0.400. The molecule has 2 aromatic rings. The van der Waals surface area contributed by atoms with Crippen LogP contribution in [0.1, 0.15) is 37.9 Å². The first kappa shape index (κ1) is 15.0. The number of rotatable bonds is 7. The predicted octanol–water partition coefficient (Wildman–Crippen LogP) is 2.67. The van der Waals surface area contributed by atoms with E-state index in [0.29, 0.717) is 24.8 Å². The third-order valence-electron chi connectivity index (χ3n) is 3.04. The monoisotopic (exact) mass is 289 g/mol. The molecule has 1 heterocycles. The van der Waals surface area contributed by atoms with Crippen molar-refractivity contribution in [3.63, 3.8) is 0 Å². The summed E-state index contributed by atoms with van der Waals surface area (Å²) in [7, 11) is 0. The molecule has 6 nitrogen and oxygen atoms in total. The van der Waals surface area contributed by atoms with Crippen LogP contribution < -0.4 is 4.90 Å². The maximum absolute atomic E-state index is 10.8. The average molecular weight is 289 g/mol. The largest absolute Gasteiger partial charge is 0.481 e. The van der Waals surface area contributed by atoms with Crippen LogP contribution in [0.4, 0.5) is 5.69 Å². The first-order valence-corrected chi connectivity index (χ1v) is 6.90. The standard InChI is InChI=1S/C15H19N3O3/c1-11(2)15-16-13(21-17-15)10-18(9-8-14(19)20)12-6-4-3-5-7-12/h3-7,11H,8-10H2,1-2H3,(H,19,20). The van der Waals surface area contributed by atoms with E-state index in [2.05, 4.69) is 10.1 Å². The van der Waals surface area contributed by atoms with Crippen molar-refractivity contribution >= 4 is 11.7 Å². The second kappa shape index (κ2) is 6.88. The van der Waals surface area contributed by atoms with Gasteiger partial charge in [0.2, 0.25) is 5.89 Å². The van der Waals surface area contributed by atoms with Crippen LogP contribution in [-0.2, 0) is 11.3 Å². The van der Waals surface area contributed by atoms with Gasteiger partial charge in [-0.05, 0) is 12.1 Å². The number of benzene rings is 1. The number of aliphatic carboxylic acids is 1.